The molecule has 2 heterocycles. The van der Waals surface area contributed by atoms with Crippen LogP contribution in [0.4, 0.5) is 5.69 Å². The summed E-state index contributed by atoms with van der Waals surface area (Å²) < 4.78 is 27.4. The molecule has 2 aliphatic heterocycles. The summed E-state index contributed by atoms with van der Waals surface area (Å²) in [5.41, 5.74) is 3.63. The third kappa shape index (κ3) is 4.42. The zero-order valence-electron chi connectivity index (χ0n) is 18.5. The van der Waals surface area contributed by atoms with Crippen molar-refractivity contribution in [2.75, 3.05) is 24.5 Å². The molecule has 0 unspecified atom stereocenters. The Morgan fingerprint density at radius 3 is 2.41 bits per heavy atom. The van der Waals surface area contributed by atoms with Gasteiger partial charge in [-0.2, -0.15) is 4.31 Å². The first-order chi connectivity index (χ1) is 15.3. The fourth-order valence-corrected chi connectivity index (χ4v) is 6.04. The Labute approximate surface area is 189 Å². The van der Waals surface area contributed by atoms with E-state index in [0.717, 1.165) is 18.4 Å². The van der Waals surface area contributed by atoms with Crippen LogP contribution < -0.4 is 10.2 Å². The first-order valence-corrected chi connectivity index (χ1v) is 12.5. The van der Waals surface area contributed by atoms with Crippen LogP contribution in [0.1, 0.15) is 36.5 Å². The van der Waals surface area contributed by atoms with Crippen molar-refractivity contribution < 1.29 is 18.0 Å². The van der Waals surface area contributed by atoms with Gasteiger partial charge in [0.2, 0.25) is 21.8 Å². The molecule has 0 radical (unpaired) electrons. The van der Waals surface area contributed by atoms with E-state index in [1.54, 1.807) is 18.2 Å². The monoisotopic (exact) mass is 455 g/mol. The summed E-state index contributed by atoms with van der Waals surface area (Å²) in [6, 6.07) is 12.3. The Morgan fingerprint density at radius 2 is 1.75 bits per heavy atom. The highest BCUT2D eigenvalue weighted by Crippen LogP contribution is 2.35. The first kappa shape index (κ1) is 22.5. The molecule has 0 bridgehead atoms. The van der Waals surface area contributed by atoms with Crippen LogP contribution in [0.2, 0.25) is 0 Å². The number of benzene rings is 2. The van der Waals surface area contributed by atoms with E-state index >= 15 is 0 Å². The third-order valence-corrected chi connectivity index (χ3v) is 8.11. The number of hydrogen-bond donors (Lipinski definition) is 1. The van der Waals surface area contributed by atoms with Gasteiger partial charge in [-0.25, -0.2) is 8.42 Å². The molecule has 32 heavy (non-hydrogen) atoms. The van der Waals surface area contributed by atoms with E-state index in [4.69, 9.17) is 0 Å². The lowest BCUT2D eigenvalue weighted by Gasteiger charge is -2.23. The van der Waals surface area contributed by atoms with Gasteiger partial charge < -0.3 is 5.32 Å². The van der Waals surface area contributed by atoms with Crippen molar-refractivity contribution >= 4 is 27.5 Å². The molecule has 1 saturated heterocycles. The predicted molar refractivity (Wildman–Crippen MR) is 123 cm³/mol. The summed E-state index contributed by atoms with van der Waals surface area (Å²) in [6.45, 7) is 4.99. The molecule has 1 atom stereocenters. The summed E-state index contributed by atoms with van der Waals surface area (Å²) in [4.78, 5) is 27.0. The summed E-state index contributed by atoms with van der Waals surface area (Å²) in [5.74, 6) is -0.468. The number of anilines is 1. The Hall–Kier alpha value is -2.71. The molecular formula is C24H29N3O4S. The Kier molecular flexibility index (Phi) is 6.35. The Balaban J connectivity index is 1.48. The SMILES string of the molecule is CC(=O)N1c2ccc(S(=O)(=O)N3CCCC3)cc2C[C@@H]1C(=O)NCCc1ccc(C)cc1. The van der Waals surface area contributed by atoms with E-state index in [2.05, 4.69) is 5.32 Å². The van der Waals surface area contributed by atoms with E-state index in [0.29, 0.717) is 43.7 Å². The minimum absolute atomic E-state index is 0.224. The number of carbonyl (C=O) groups is 2. The van der Waals surface area contributed by atoms with Gasteiger partial charge in [0.25, 0.3) is 0 Å². The highest BCUT2D eigenvalue weighted by atomic mass is 32.2. The summed E-state index contributed by atoms with van der Waals surface area (Å²) >= 11 is 0. The van der Waals surface area contributed by atoms with Crippen molar-refractivity contribution in [2.24, 2.45) is 0 Å². The lowest BCUT2D eigenvalue weighted by atomic mass is 10.1. The van der Waals surface area contributed by atoms with E-state index in [1.165, 1.54) is 21.7 Å². The molecule has 1 fully saturated rings. The van der Waals surface area contributed by atoms with Crippen LogP contribution in [0.5, 0.6) is 0 Å². The van der Waals surface area contributed by atoms with Gasteiger partial charge in [-0.15, -0.1) is 0 Å². The van der Waals surface area contributed by atoms with Gasteiger partial charge in [-0.1, -0.05) is 29.8 Å². The standard InChI is InChI=1S/C24H29N3O4S/c1-17-5-7-19(8-6-17)11-12-25-24(29)23-16-20-15-21(9-10-22(20)27(23)18(2)28)32(30,31)26-13-3-4-14-26/h5-10,15,23H,3-4,11-14,16H2,1-2H3,(H,25,29)/t23-/m1/s1. The zero-order valence-corrected chi connectivity index (χ0v) is 19.3. The Morgan fingerprint density at radius 1 is 1.06 bits per heavy atom. The van der Waals surface area contributed by atoms with E-state index < -0.39 is 16.1 Å². The predicted octanol–water partition coefficient (Wildman–Crippen LogP) is 2.42. The second-order valence-corrected chi connectivity index (χ2v) is 10.5. The largest absolute Gasteiger partial charge is 0.354 e. The van der Waals surface area contributed by atoms with Crippen molar-refractivity contribution in [2.45, 2.75) is 50.5 Å². The number of nitrogens with zero attached hydrogens (tertiary/aromatic N) is 2. The number of sulfonamides is 1. The number of amides is 2. The van der Waals surface area contributed by atoms with Crippen molar-refractivity contribution in [3.05, 3.63) is 59.2 Å². The number of aryl methyl sites for hydroxylation is 1. The smallest absolute Gasteiger partial charge is 0.243 e. The van der Waals surface area contributed by atoms with E-state index in [9.17, 15) is 18.0 Å². The molecule has 8 heteroatoms. The van der Waals surface area contributed by atoms with Gasteiger partial charge in [-0.05, 0) is 55.5 Å². The highest BCUT2D eigenvalue weighted by Gasteiger charge is 2.38. The average Bonchev–Trinajstić information content (AvgIpc) is 3.43. The lowest BCUT2D eigenvalue weighted by molar-refractivity contribution is -0.125. The summed E-state index contributed by atoms with van der Waals surface area (Å²) in [6.07, 6.45) is 2.73. The van der Waals surface area contributed by atoms with Crippen LogP contribution in [0.25, 0.3) is 0 Å². The Bertz CT molecular complexity index is 1120. The quantitative estimate of drug-likeness (QED) is 0.725. The molecule has 170 valence electrons. The van der Waals surface area contributed by atoms with Crippen LogP contribution >= 0.6 is 0 Å². The molecule has 2 amide bonds. The molecule has 0 aliphatic carbocycles. The number of fused-ring (bicyclic) bond motifs is 1. The van der Waals surface area contributed by atoms with Crippen molar-refractivity contribution in [3.8, 4) is 0 Å². The molecule has 2 aromatic carbocycles. The van der Waals surface area contributed by atoms with Gasteiger partial charge in [-0.3, -0.25) is 14.5 Å². The number of nitrogens with one attached hydrogen (secondary N) is 1. The second kappa shape index (κ2) is 9.03. The molecular weight excluding hydrogens is 426 g/mol. The molecule has 0 spiro atoms. The molecule has 0 aromatic heterocycles. The summed E-state index contributed by atoms with van der Waals surface area (Å²) in [7, 11) is -3.55. The normalized spacial score (nSPS) is 18.6. The van der Waals surface area contributed by atoms with Gasteiger partial charge in [0.15, 0.2) is 0 Å². The molecule has 2 aromatic rings. The van der Waals surface area contributed by atoms with E-state index in [-0.39, 0.29) is 16.7 Å². The topological polar surface area (TPSA) is 86.8 Å². The second-order valence-electron chi connectivity index (χ2n) is 8.54. The van der Waals surface area contributed by atoms with Gasteiger partial charge in [0, 0.05) is 38.7 Å². The van der Waals surface area contributed by atoms with Crippen molar-refractivity contribution in [1.29, 1.82) is 0 Å². The zero-order chi connectivity index (χ0) is 22.9. The average molecular weight is 456 g/mol. The molecule has 2 aliphatic rings. The third-order valence-electron chi connectivity index (χ3n) is 6.21. The van der Waals surface area contributed by atoms with Crippen molar-refractivity contribution in [3.63, 3.8) is 0 Å². The van der Waals surface area contributed by atoms with Gasteiger partial charge in [0.1, 0.15) is 6.04 Å². The van der Waals surface area contributed by atoms with E-state index in [1.807, 2.05) is 31.2 Å². The van der Waals surface area contributed by atoms with Gasteiger partial charge >= 0.3 is 0 Å². The fraction of sp³-hybridized carbons (Fsp3) is 0.417. The molecule has 7 nitrogen and oxygen atoms in total. The maximum Gasteiger partial charge on any atom is 0.243 e. The van der Waals surface area contributed by atoms with Crippen LogP contribution in [0.15, 0.2) is 47.4 Å². The number of carbonyl (C=O) groups excluding carboxylic acids is 2. The highest BCUT2D eigenvalue weighted by molar-refractivity contribution is 7.89. The van der Waals surface area contributed by atoms with Crippen LogP contribution in [-0.2, 0) is 32.5 Å². The molecule has 0 saturated carbocycles. The maximum absolute atomic E-state index is 12.9. The lowest BCUT2D eigenvalue weighted by Crippen LogP contribution is -2.47. The summed E-state index contributed by atoms with van der Waals surface area (Å²) in [5, 5.41) is 2.94. The maximum atomic E-state index is 12.9. The number of hydrogen-bond acceptors (Lipinski definition) is 4. The first-order valence-electron chi connectivity index (χ1n) is 11.0. The minimum Gasteiger partial charge on any atom is -0.354 e. The molecule has 4 rings (SSSR count). The van der Waals surface area contributed by atoms with Gasteiger partial charge in [0.05, 0.1) is 4.90 Å². The van der Waals surface area contributed by atoms with Crippen LogP contribution in [0.3, 0.4) is 0 Å². The van der Waals surface area contributed by atoms with Crippen molar-refractivity contribution in [1.82, 2.24) is 9.62 Å². The van der Waals surface area contributed by atoms with Crippen LogP contribution in [0, 0.1) is 6.92 Å². The number of rotatable bonds is 6. The van der Waals surface area contributed by atoms with Crippen LogP contribution in [-0.4, -0.2) is 50.2 Å². The fourth-order valence-electron chi connectivity index (χ4n) is 4.47. The molecule has 1 N–H and O–H groups in total. The minimum atomic E-state index is -3.55.